The van der Waals surface area contributed by atoms with Crippen LogP contribution < -0.4 is 10.1 Å². The van der Waals surface area contributed by atoms with Crippen LogP contribution in [-0.2, 0) is 4.79 Å². The van der Waals surface area contributed by atoms with Crippen LogP contribution in [0, 0.1) is 5.82 Å². The molecule has 0 aromatic heterocycles. The van der Waals surface area contributed by atoms with Crippen LogP contribution in [-0.4, -0.2) is 12.5 Å². The van der Waals surface area contributed by atoms with E-state index in [1.54, 1.807) is 18.2 Å². The zero-order chi connectivity index (χ0) is 16.1. The van der Waals surface area contributed by atoms with Crippen molar-refractivity contribution in [1.29, 1.82) is 0 Å². The highest BCUT2D eigenvalue weighted by atomic mass is 35.5. The van der Waals surface area contributed by atoms with E-state index < -0.39 is 0 Å². The third-order valence-electron chi connectivity index (χ3n) is 2.99. The van der Waals surface area contributed by atoms with Gasteiger partial charge in [0.05, 0.1) is 6.04 Å². The number of carbonyl (C=O) groups is 1. The minimum atomic E-state index is -0.359. The Morgan fingerprint density at radius 2 is 1.91 bits per heavy atom. The summed E-state index contributed by atoms with van der Waals surface area (Å²) < 4.78 is 18.0. The predicted octanol–water partition coefficient (Wildman–Crippen LogP) is 4.39. The summed E-state index contributed by atoms with van der Waals surface area (Å²) in [5, 5.41) is 3.79. The van der Waals surface area contributed by atoms with E-state index in [1.807, 2.05) is 6.92 Å². The van der Waals surface area contributed by atoms with Crippen LogP contribution in [0.2, 0.25) is 10.0 Å². The molecule has 22 heavy (non-hydrogen) atoms. The molecule has 0 radical (unpaired) electrons. The Bertz CT molecular complexity index is 662. The third-order valence-corrected chi connectivity index (χ3v) is 3.55. The van der Waals surface area contributed by atoms with Gasteiger partial charge in [0.15, 0.2) is 6.61 Å². The van der Waals surface area contributed by atoms with Crippen LogP contribution >= 0.6 is 23.2 Å². The Labute approximate surface area is 138 Å². The monoisotopic (exact) mass is 341 g/mol. The highest BCUT2D eigenvalue weighted by Gasteiger charge is 2.13. The molecule has 0 saturated heterocycles. The first-order chi connectivity index (χ1) is 10.5. The van der Waals surface area contributed by atoms with E-state index in [0.717, 1.165) is 5.56 Å². The Hall–Kier alpha value is -1.78. The predicted molar refractivity (Wildman–Crippen MR) is 84.9 cm³/mol. The smallest absolute Gasteiger partial charge is 0.258 e. The lowest BCUT2D eigenvalue weighted by molar-refractivity contribution is -0.123. The molecular weight excluding hydrogens is 328 g/mol. The van der Waals surface area contributed by atoms with Gasteiger partial charge in [-0.3, -0.25) is 4.79 Å². The topological polar surface area (TPSA) is 38.3 Å². The van der Waals surface area contributed by atoms with Gasteiger partial charge in [-0.1, -0.05) is 29.3 Å². The molecule has 2 rings (SSSR count). The molecule has 1 atom stereocenters. The van der Waals surface area contributed by atoms with Crippen molar-refractivity contribution in [3.05, 3.63) is 63.9 Å². The number of nitrogens with one attached hydrogen (secondary N) is 1. The Kier molecular flexibility index (Phi) is 5.63. The maximum absolute atomic E-state index is 12.8. The SMILES string of the molecule is CC(NC(=O)COc1ccc(F)cc1)c1ccc(Cl)cc1Cl. The van der Waals surface area contributed by atoms with Gasteiger partial charge < -0.3 is 10.1 Å². The molecule has 2 aromatic rings. The Morgan fingerprint density at radius 1 is 1.23 bits per heavy atom. The van der Waals surface area contributed by atoms with Gasteiger partial charge in [-0.05, 0) is 48.9 Å². The molecule has 1 unspecified atom stereocenters. The van der Waals surface area contributed by atoms with Gasteiger partial charge in [0, 0.05) is 10.0 Å². The first-order valence-electron chi connectivity index (χ1n) is 6.58. The van der Waals surface area contributed by atoms with E-state index in [-0.39, 0.29) is 24.4 Å². The van der Waals surface area contributed by atoms with E-state index in [2.05, 4.69) is 5.32 Å². The number of amides is 1. The van der Waals surface area contributed by atoms with E-state index in [0.29, 0.717) is 15.8 Å². The molecule has 0 heterocycles. The van der Waals surface area contributed by atoms with E-state index in [9.17, 15) is 9.18 Å². The molecule has 1 amide bonds. The van der Waals surface area contributed by atoms with Crippen molar-refractivity contribution in [2.24, 2.45) is 0 Å². The number of hydrogen-bond acceptors (Lipinski definition) is 2. The van der Waals surface area contributed by atoms with Crippen molar-refractivity contribution in [3.8, 4) is 5.75 Å². The lowest BCUT2D eigenvalue weighted by Crippen LogP contribution is -2.31. The summed E-state index contributed by atoms with van der Waals surface area (Å²) in [5.74, 6) is -0.237. The second kappa shape index (κ2) is 7.47. The standard InChI is InChI=1S/C16H14Cl2FNO2/c1-10(14-7-2-11(17)8-15(14)18)20-16(21)9-22-13-5-3-12(19)4-6-13/h2-8,10H,9H2,1H3,(H,20,21). The number of rotatable bonds is 5. The van der Waals surface area contributed by atoms with Gasteiger partial charge in [-0.15, -0.1) is 0 Å². The van der Waals surface area contributed by atoms with Crippen molar-refractivity contribution < 1.29 is 13.9 Å². The molecular formula is C16H14Cl2FNO2. The normalized spacial score (nSPS) is 11.8. The molecule has 0 spiro atoms. The summed E-state index contributed by atoms with van der Waals surface area (Å²) in [5.41, 5.74) is 0.765. The number of carbonyl (C=O) groups excluding carboxylic acids is 1. The van der Waals surface area contributed by atoms with Gasteiger partial charge in [-0.2, -0.15) is 0 Å². The fraction of sp³-hybridized carbons (Fsp3) is 0.188. The summed E-state index contributed by atoms with van der Waals surface area (Å²) in [7, 11) is 0. The second-order valence-electron chi connectivity index (χ2n) is 4.70. The molecule has 0 bridgehead atoms. The van der Waals surface area contributed by atoms with Gasteiger partial charge in [0.25, 0.3) is 5.91 Å². The first kappa shape index (κ1) is 16.6. The highest BCUT2D eigenvalue weighted by molar-refractivity contribution is 6.35. The minimum Gasteiger partial charge on any atom is -0.484 e. The second-order valence-corrected chi connectivity index (χ2v) is 5.54. The molecule has 0 aliphatic carbocycles. The Morgan fingerprint density at radius 3 is 2.55 bits per heavy atom. The average molecular weight is 342 g/mol. The van der Waals surface area contributed by atoms with Crippen molar-refractivity contribution in [2.45, 2.75) is 13.0 Å². The quantitative estimate of drug-likeness (QED) is 0.875. The Balaban J connectivity index is 1.89. The summed E-state index contributed by atoms with van der Waals surface area (Å²) >= 11 is 11.9. The highest BCUT2D eigenvalue weighted by Crippen LogP contribution is 2.26. The molecule has 2 aromatic carbocycles. The van der Waals surface area contributed by atoms with Gasteiger partial charge >= 0.3 is 0 Å². The average Bonchev–Trinajstić information content (AvgIpc) is 2.46. The fourth-order valence-corrected chi connectivity index (χ4v) is 2.47. The number of hydrogen-bond donors (Lipinski definition) is 1. The minimum absolute atomic E-state index is 0.165. The van der Waals surface area contributed by atoms with Gasteiger partial charge in [0.2, 0.25) is 0 Å². The van der Waals surface area contributed by atoms with Crippen molar-refractivity contribution in [2.75, 3.05) is 6.61 Å². The lowest BCUT2D eigenvalue weighted by atomic mass is 10.1. The van der Waals surface area contributed by atoms with Gasteiger partial charge in [-0.25, -0.2) is 4.39 Å². The van der Waals surface area contributed by atoms with Crippen LogP contribution in [0.25, 0.3) is 0 Å². The molecule has 1 N–H and O–H groups in total. The maximum atomic E-state index is 12.8. The summed E-state index contributed by atoms with van der Waals surface area (Å²) in [6.45, 7) is 1.64. The van der Waals surface area contributed by atoms with Crippen molar-refractivity contribution >= 4 is 29.1 Å². The van der Waals surface area contributed by atoms with Crippen LogP contribution in [0.1, 0.15) is 18.5 Å². The molecule has 116 valence electrons. The summed E-state index contributed by atoms with van der Waals surface area (Å²) in [4.78, 5) is 11.9. The third kappa shape index (κ3) is 4.61. The van der Waals surface area contributed by atoms with Crippen LogP contribution in [0.15, 0.2) is 42.5 Å². The largest absolute Gasteiger partial charge is 0.484 e. The van der Waals surface area contributed by atoms with Crippen molar-refractivity contribution in [1.82, 2.24) is 5.32 Å². The number of halogens is 3. The number of ether oxygens (including phenoxy) is 1. The zero-order valence-corrected chi connectivity index (χ0v) is 13.3. The maximum Gasteiger partial charge on any atom is 0.258 e. The molecule has 0 aliphatic rings. The molecule has 6 heteroatoms. The molecule has 0 saturated carbocycles. The molecule has 0 fully saturated rings. The summed E-state index contributed by atoms with van der Waals surface area (Å²) in [6, 6.07) is 10.3. The lowest BCUT2D eigenvalue weighted by Gasteiger charge is -2.16. The first-order valence-corrected chi connectivity index (χ1v) is 7.34. The van der Waals surface area contributed by atoms with Crippen LogP contribution in [0.5, 0.6) is 5.75 Å². The number of benzene rings is 2. The molecule has 3 nitrogen and oxygen atoms in total. The van der Waals surface area contributed by atoms with E-state index in [4.69, 9.17) is 27.9 Å². The molecule has 0 aliphatic heterocycles. The van der Waals surface area contributed by atoms with Crippen LogP contribution in [0.4, 0.5) is 4.39 Å². The van der Waals surface area contributed by atoms with E-state index in [1.165, 1.54) is 24.3 Å². The fourth-order valence-electron chi connectivity index (χ4n) is 1.89. The zero-order valence-electron chi connectivity index (χ0n) is 11.8. The van der Waals surface area contributed by atoms with Crippen LogP contribution in [0.3, 0.4) is 0 Å². The van der Waals surface area contributed by atoms with E-state index >= 15 is 0 Å². The van der Waals surface area contributed by atoms with Gasteiger partial charge in [0.1, 0.15) is 11.6 Å². The summed E-state index contributed by atoms with van der Waals surface area (Å²) in [6.07, 6.45) is 0. The van der Waals surface area contributed by atoms with Crippen molar-refractivity contribution in [3.63, 3.8) is 0 Å².